The van der Waals surface area contributed by atoms with Gasteiger partial charge in [0.15, 0.2) is 0 Å². The SMILES string of the molecule is [CH2]=[Zr+2]([C]1=CC=CC1)[c]1cc(C(C)(C)C)cc2c1Cc1c-2cccc1C(C)(C)C.[Cl-].[Cl-]. The van der Waals surface area contributed by atoms with E-state index in [2.05, 4.69) is 90.1 Å². The van der Waals surface area contributed by atoms with Crippen LogP contribution in [0.15, 0.2) is 51.8 Å². The van der Waals surface area contributed by atoms with Crippen molar-refractivity contribution in [3.05, 3.63) is 74.1 Å². The minimum atomic E-state index is -2.07. The summed E-state index contributed by atoms with van der Waals surface area (Å²) in [6.07, 6.45) is 9.06. The van der Waals surface area contributed by atoms with Gasteiger partial charge in [-0.1, -0.05) is 0 Å². The molecule has 0 nitrogen and oxygen atoms in total. The molecular weight excluding hydrogens is 486 g/mol. The van der Waals surface area contributed by atoms with E-state index in [1.807, 2.05) is 0 Å². The zero-order chi connectivity index (χ0) is 20.3. The summed E-state index contributed by atoms with van der Waals surface area (Å²) in [6.45, 7) is 14.0. The molecule has 0 radical (unpaired) electrons. The summed E-state index contributed by atoms with van der Waals surface area (Å²) in [5, 5.41) is 0. The molecule has 2 aromatic carbocycles. The van der Waals surface area contributed by atoms with Gasteiger partial charge >= 0.3 is 179 Å². The van der Waals surface area contributed by atoms with Crippen molar-refractivity contribution < 1.29 is 46.1 Å². The average Bonchev–Trinajstić information content (AvgIpc) is 3.26. The van der Waals surface area contributed by atoms with Gasteiger partial charge in [0.05, 0.1) is 0 Å². The van der Waals surface area contributed by atoms with E-state index in [4.69, 9.17) is 4.21 Å². The van der Waals surface area contributed by atoms with Crippen LogP contribution in [-0.2, 0) is 38.5 Å². The Balaban J connectivity index is 0.00000160. The van der Waals surface area contributed by atoms with E-state index in [1.165, 1.54) is 22.3 Å². The molecule has 0 heterocycles. The van der Waals surface area contributed by atoms with Gasteiger partial charge in [0.1, 0.15) is 0 Å². The van der Waals surface area contributed by atoms with Crippen LogP contribution < -0.4 is 28.1 Å². The predicted octanol–water partition coefficient (Wildman–Crippen LogP) is 0.380. The first kappa shape index (κ1) is 25.5. The number of hydrogen-bond acceptors (Lipinski definition) is 0. The summed E-state index contributed by atoms with van der Waals surface area (Å²) in [5.74, 6) is 0. The minimum absolute atomic E-state index is 0. The maximum atomic E-state index is 4.81. The van der Waals surface area contributed by atoms with E-state index in [9.17, 15) is 0 Å². The first-order valence-electron chi connectivity index (χ1n) is 10.4. The van der Waals surface area contributed by atoms with Gasteiger partial charge in [-0.05, 0) is 0 Å². The summed E-state index contributed by atoms with van der Waals surface area (Å²) in [5.41, 5.74) is 9.36. The summed E-state index contributed by atoms with van der Waals surface area (Å²) >= 11 is -2.07. The fourth-order valence-corrected chi connectivity index (χ4v) is 9.29. The quantitative estimate of drug-likeness (QED) is 0.461. The molecule has 0 fully saturated rings. The molecule has 2 aliphatic rings. The second-order valence-corrected chi connectivity index (χ2v) is 15.6. The zero-order valence-electron chi connectivity index (χ0n) is 19.0. The van der Waals surface area contributed by atoms with Crippen LogP contribution in [0.5, 0.6) is 0 Å². The van der Waals surface area contributed by atoms with E-state index in [-0.39, 0.29) is 35.6 Å². The number of allylic oxidation sites excluding steroid dienone is 4. The van der Waals surface area contributed by atoms with E-state index in [1.54, 1.807) is 17.7 Å². The van der Waals surface area contributed by atoms with Crippen LogP contribution in [0.25, 0.3) is 11.1 Å². The Morgan fingerprint density at radius 1 is 0.867 bits per heavy atom. The van der Waals surface area contributed by atoms with Crippen molar-refractivity contribution in [1.29, 1.82) is 0 Å². The first-order chi connectivity index (χ1) is 13.1. The fraction of sp³-hybridized carbons (Fsp3) is 0.370. The standard InChI is InChI=1S/C21H25.C5H5.CH2.2ClH.Zr/c1-20(2,3)15-11-10-14-12-18-16(17(14)13-15)8-7-9-19(18)21(4,5)6;1-2-4-5-3-1;;;;/h7-9,11,13H,12H2,1-6H3;1-3H,4H2;1H2;2*1H;/q;;;;;+2/p-2. The zero-order valence-corrected chi connectivity index (χ0v) is 23.0. The second kappa shape index (κ2) is 9.01. The van der Waals surface area contributed by atoms with Gasteiger partial charge in [0, 0.05) is 0 Å². The third kappa shape index (κ3) is 4.55. The molecule has 30 heavy (non-hydrogen) atoms. The molecule has 0 amide bonds. The third-order valence-corrected chi connectivity index (χ3v) is 11.7. The van der Waals surface area contributed by atoms with Crippen molar-refractivity contribution in [2.45, 2.75) is 65.2 Å². The number of halogens is 2. The van der Waals surface area contributed by atoms with E-state index in [0.29, 0.717) is 0 Å². The fourth-order valence-electron chi connectivity index (χ4n) is 4.56. The maximum absolute atomic E-state index is 4.81. The predicted molar refractivity (Wildman–Crippen MR) is 121 cm³/mol. The van der Waals surface area contributed by atoms with Crippen molar-refractivity contribution in [3.63, 3.8) is 0 Å². The molecule has 0 N–H and O–H groups in total. The van der Waals surface area contributed by atoms with Crippen molar-refractivity contribution in [2.24, 2.45) is 0 Å². The van der Waals surface area contributed by atoms with Gasteiger partial charge in [-0.2, -0.15) is 0 Å². The molecule has 0 unspecified atom stereocenters. The maximum Gasteiger partial charge on any atom is -1.00 e. The molecule has 158 valence electrons. The van der Waals surface area contributed by atoms with Crippen LogP contribution >= 0.6 is 0 Å². The monoisotopic (exact) mass is 516 g/mol. The molecular formula is C27H32Cl2Zr. The normalized spacial score (nSPS) is 14.1. The third-order valence-electron chi connectivity index (χ3n) is 6.23. The molecule has 3 heteroatoms. The number of hydrogen-bond donors (Lipinski definition) is 0. The van der Waals surface area contributed by atoms with E-state index < -0.39 is 21.3 Å². The first-order valence-corrected chi connectivity index (χ1v) is 14.6. The number of benzene rings is 2. The number of fused-ring (bicyclic) bond motifs is 3. The van der Waals surface area contributed by atoms with Gasteiger partial charge in [-0.15, -0.1) is 0 Å². The van der Waals surface area contributed by atoms with Crippen molar-refractivity contribution in [3.8, 4) is 11.1 Å². The van der Waals surface area contributed by atoms with Crippen LogP contribution in [0.3, 0.4) is 0 Å². The van der Waals surface area contributed by atoms with Gasteiger partial charge in [0.25, 0.3) is 0 Å². The van der Waals surface area contributed by atoms with E-state index in [0.717, 1.165) is 12.8 Å². The molecule has 0 bridgehead atoms. The Bertz CT molecular complexity index is 1040. The summed E-state index contributed by atoms with van der Waals surface area (Å²) in [4.78, 5) is 0. The van der Waals surface area contributed by atoms with Crippen molar-refractivity contribution in [1.82, 2.24) is 0 Å². The average molecular weight is 519 g/mol. The molecule has 2 aromatic rings. The van der Waals surface area contributed by atoms with Crippen LogP contribution in [-0.4, -0.2) is 4.21 Å². The molecule has 0 aromatic heterocycles. The Morgan fingerprint density at radius 2 is 1.57 bits per heavy atom. The summed E-state index contributed by atoms with van der Waals surface area (Å²) in [6, 6.07) is 11.9. The summed E-state index contributed by atoms with van der Waals surface area (Å²) < 4.78 is 8.06. The van der Waals surface area contributed by atoms with Gasteiger partial charge in [0.2, 0.25) is 0 Å². The number of rotatable bonds is 2. The smallest absolute Gasteiger partial charge is 1.00 e. The largest absolute Gasteiger partial charge is 1.00 e. The van der Waals surface area contributed by atoms with Crippen LogP contribution in [0.2, 0.25) is 0 Å². The van der Waals surface area contributed by atoms with Gasteiger partial charge < -0.3 is 24.8 Å². The molecule has 0 atom stereocenters. The van der Waals surface area contributed by atoms with Crippen LogP contribution in [0.4, 0.5) is 0 Å². The molecule has 0 saturated carbocycles. The Kier molecular flexibility index (Phi) is 7.66. The van der Waals surface area contributed by atoms with E-state index >= 15 is 0 Å². The molecule has 0 spiro atoms. The van der Waals surface area contributed by atoms with Crippen molar-refractivity contribution in [2.75, 3.05) is 0 Å². The Morgan fingerprint density at radius 3 is 2.13 bits per heavy atom. The van der Waals surface area contributed by atoms with Gasteiger partial charge in [-0.3, -0.25) is 0 Å². The Labute approximate surface area is 202 Å². The van der Waals surface area contributed by atoms with Crippen LogP contribution in [0, 0.1) is 0 Å². The minimum Gasteiger partial charge on any atom is -1.00 e. The summed E-state index contributed by atoms with van der Waals surface area (Å²) in [7, 11) is 0. The van der Waals surface area contributed by atoms with Crippen molar-refractivity contribution >= 4 is 7.48 Å². The second-order valence-electron chi connectivity index (χ2n) is 10.4. The molecule has 0 saturated heterocycles. The topological polar surface area (TPSA) is 0 Å². The molecule has 4 rings (SSSR count). The molecule has 2 aliphatic carbocycles. The Hall–Kier alpha value is -0.747. The van der Waals surface area contributed by atoms with Crippen LogP contribution in [0.1, 0.15) is 70.2 Å². The van der Waals surface area contributed by atoms with Gasteiger partial charge in [-0.25, -0.2) is 0 Å². The molecule has 0 aliphatic heterocycles.